The van der Waals surface area contributed by atoms with Gasteiger partial charge in [0.2, 0.25) is 5.79 Å². The van der Waals surface area contributed by atoms with Crippen molar-refractivity contribution in [2.24, 2.45) is 0 Å². The van der Waals surface area contributed by atoms with E-state index in [4.69, 9.17) is 19.1 Å². The van der Waals surface area contributed by atoms with E-state index in [0.717, 1.165) is 25.7 Å². The van der Waals surface area contributed by atoms with Crippen LogP contribution in [0.2, 0.25) is 0 Å². The second kappa shape index (κ2) is 11.6. The highest BCUT2D eigenvalue weighted by Crippen LogP contribution is 2.34. The Morgan fingerprint density at radius 2 is 1.59 bits per heavy atom. The average Bonchev–Trinajstić information content (AvgIpc) is 2.54. The van der Waals surface area contributed by atoms with Crippen LogP contribution < -0.4 is 0 Å². The minimum Gasteiger partial charge on any atom is -0.481 e. The Balaban J connectivity index is 2.38. The van der Waals surface area contributed by atoms with Gasteiger partial charge in [-0.1, -0.05) is 58.3 Å². The van der Waals surface area contributed by atoms with E-state index in [1.807, 2.05) is 0 Å². The zero-order valence-corrected chi connectivity index (χ0v) is 16.8. The molecular formula is C18H32O8S. The molecule has 1 heterocycles. The fourth-order valence-corrected chi connectivity index (χ4v) is 3.73. The molecule has 158 valence electrons. The summed E-state index contributed by atoms with van der Waals surface area (Å²) >= 11 is 0. The third kappa shape index (κ3) is 9.03. The Hall–Kier alpha value is -1.19. The first-order valence-corrected chi connectivity index (χ1v) is 11.3. The predicted octanol–water partition coefficient (Wildman–Crippen LogP) is 3.30. The Morgan fingerprint density at radius 3 is 2.00 bits per heavy atom. The molecule has 1 rings (SSSR count). The molecule has 0 radical (unpaired) electrons. The Bertz CT molecular complexity index is 568. The van der Waals surface area contributed by atoms with E-state index in [-0.39, 0.29) is 0 Å². The summed E-state index contributed by atoms with van der Waals surface area (Å²) in [5.41, 5.74) is 0. The molecule has 0 bridgehead atoms. The van der Waals surface area contributed by atoms with Crippen molar-refractivity contribution in [3.63, 3.8) is 0 Å². The summed E-state index contributed by atoms with van der Waals surface area (Å²) in [6.07, 6.45) is 9.99. The molecule has 2 N–H and O–H groups in total. The molecule has 0 saturated carbocycles. The fourth-order valence-electron chi connectivity index (χ4n) is 3.08. The second-order valence-corrected chi connectivity index (χ2v) is 8.71. The number of hydrogen-bond acceptors (Lipinski definition) is 6. The maximum Gasteiger partial charge on any atom is 0.329 e. The lowest BCUT2D eigenvalue weighted by Crippen LogP contribution is -2.50. The van der Waals surface area contributed by atoms with Gasteiger partial charge in [0.15, 0.2) is 5.25 Å². The SMILES string of the molecule is CCCCCCCCCCCC1(OC(=O)C(CC(=O)O)S(=O)(=O)O)CCO1. The zero-order valence-electron chi connectivity index (χ0n) is 16.0. The van der Waals surface area contributed by atoms with E-state index in [1.165, 1.54) is 32.1 Å². The molecular weight excluding hydrogens is 376 g/mol. The Labute approximate surface area is 161 Å². The summed E-state index contributed by atoms with van der Waals surface area (Å²) in [6, 6.07) is 0. The van der Waals surface area contributed by atoms with Gasteiger partial charge in [0.1, 0.15) is 0 Å². The highest BCUT2D eigenvalue weighted by molar-refractivity contribution is 7.87. The molecule has 1 aliphatic heterocycles. The van der Waals surface area contributed by atoms with Crippen LogP contribution in [0, 0.1) is 0 Å². The van der Waals surface area contributed by atoms with E-state index in [0.29, 0.717) is 19.4 Å². The molecule has 0 aromatic rings. The molecule has 1 fully saturated rings. The van der Waals surface area contributed by atoms with Crippen molar-refractivity contribution in [3.05, 3.63) is 0 Å². The van der Waals surface area contributed by atoms with Crippen LogP contribution in [-0.2, 0) is 29.2 Å². The Morgan fingerprint density at radius 1 is 1.07 bits per heavy atom. The molecule has 27 heavy (non-hydrogen) atoms. The molecule has 1 saturated heterocycles. The maximum absolute atomic E-state index is 12.1. The molecule has 9 heteroatoms. The summed E-state index contributed by atoms with van der Waals surface area (Å²) in [7, 11) is -4.87. The predicted molar refractivity (Wildman–Crippen MR) is 98.8 cm³/mol. The normalized spacial score (nSPS) is 20.7. The largest absolute Gasteiger partial charge is 0.481 e. The first-order valence-electron chi connectivity index (χ1n) is 9.75. The van der Waals surface area contributed by atoms with Crippen LogP contribution in [0.4, 0.5) is 0 Å². The minimum absolute atomic E-state index is 0.389. The molecule has 8 nitrogen and oxygen atoms in total. The number of carbonyl (C=O) groups excluding carboxylic acids is 1. The number of aliphatic carboxylic acids is 1. The van der Waals surface area contributed by atoms with Gasteiger partial charge in [-0.2, -0.15) is 8.42 Å². The van der Waals surface area contributed by atoms with Crippen LogP contribution in [0.15, 0.2) is 0 Å². The van der Waals surface area contributed by atoms with E-state index in [1.54, 1.807) is 0 Å². The summed E-state index contributed by atoms with van der Waals surface area (Å²) in [6.45, 7) is 2.57. The van der Waals surface area contributed by atoms with Crippen molar-refractivity contribution < 1.29 is 37.1 Å². The van der Waals surface area contributed by atoms with Crippen molar-refractivity contribution in [2.45, 2.75) is 95.0 Å². The van der Waals surface area contributed by atoms with E-state index >= 15 is 0 Å². The molecule has 1 aliphatic rings. The number of carbonyl (C=O) groups is 2. The van der Waals surface area contributed by atoms with Gasteiger partial charge in [-0.3, -0.25) is 14.1 Å². The highest BCUT2D eigenvalue weighted by Gasteiger charge is 2.46. The molecule has 0 aliphatic carbocycles. The second-order valence-electron chi connectivity index (χ2n) is 7.11. The van der Waals surface area contributed by atoms with Crippen LogP contribution >= 0.6 is 0 Å². The third-order valence-electron chi connectivity index (χ3n) is 4.78. The summed E-state index contributed by atoms with van der Waals surface area (Å²) in [4.78, 5) is 22.8. The molecule has 2 atom stereocenters. The lowest BCUT2D eigenvalue weighted by atomic mass is 9.99. The number of ether oxygens (including phenoxy) is 2. The summed E-state index contributed by atoms with van der Waals surface area (Å²) in [5.74, 6) is -3.99. The standard InChI is InChI=1S/C18H32O8S/c1-2-3-4-5-6-7-8-9-10-11-18(12-13-25-18)26-17(21)15(14-16(19)20)27(22,23)24/h15H,2-14H2,1H3,(H,19,20)(H,22,23,24). The van der Waals surface area contributed by atoms with E-state index < -0.39 is 39.5 Å². The molecule has 2 unspecified atom stereocenters. The topological polar surface area (TPSA) is 127 Å². The van der Waals surface area contributed by atoms with Crippen LogP contribution in [0.1, 0.15) is 84.0 Å². The number of rotatable bonds is 15. The van der Waals surface area contributed by atoms with E-state index in [2.05, 4.69) is 6.92 Å². The lowest BCUT2D eigenvalue weighted by Gasteiger charge is -2.41. The molecule has 0 aromatic carbocycles. The van der Waals surface area contributed by atoms with Crippen LogP contribution in [-0.4, -0.2) is 47.7 Å². The lowest BCUT2D eigenvalue weighted by molar-refractivity contribution is -0.295. The van der Waals surface area contributed by atoms with Gasteiger partial charge >= 0.3 is 11.9 Å². The molecule has 0 aromatic heterocycles. The molecule has 0 spiro atoms. The van der Waals surface area contributed by atoms with Gasteiger partial charge in [-0.05, 0) is 6.42 Å². The monoisotopic (exact) mass is 408 g/mol. The average molecular weight is 409 g/mol. The Kier molecular flexibility index (Phi) is 10.3. The van der Waals surface area contributed by atoms with Crippen molar-refractivity contribution in [2.75, 3.05) is 6.61 Å². The van der Waals surface area contributed by atoms with Gasteiger partial charge < -0.3 is 14.6 Å². The van der Waals surface area contributed by atoms with Crippen LogP contribution in [0.25, 0.3) is 0 Å². The number of unbranched alkanes of at least 4 members (excludes halogenated alkanes) is 8. The van der Waals surface area contributed by atoms with Gasteiger partial charge in [0.05, 0.1) is 13.0 Å². The first-order chi connectivity index (χ1) is 12.7. The minimum atomic E-state index is -4.87. The van der Waals surface area contributed by atoms with Gasteiger partial charge in [-0.15, -0.1) is 0 Å². The number of carboxylic acids is 1. The van der Waals surface area contributed by atoms with Gasteiger partial charge in [0.25, 0.3) is 10.1 Å². The highest BCUT2D eigenvalue weighted by atomic mass is 32.2. The fraction of sp³-hybridized carbons (Fsp3) is 0.889. The smallest absolute Gasteiger partial charge is 0.329 e. The van der Waals surface area contributed by atoms with Crippen molar-refractivity contribution in [1.82, 2.24) is 0 Å². The van der Waals surface area contributed by atoms with Crippen molar-refractivity contribution in [1.29, 1.82) is 0 Å². The zero-order chi connectivity index (χ0) is 20.3. The number of hydrogen-bond donors (Lipinski definition) is 2. The quantitative estimate of drug-likeness (QED) is 0.240. The van der Waals surface area contributed by atoms with Crippen LogP contribution in [0.5, 0.6) is 0 Å². The van der Waals surface area contributed by atoms with Gasteiger partial charge in [-0.25, -0.2) is 0 Å². The van der Waals surface area contributed by atoms with Crippen molar-refractivity contribution >= 4 is 22.1 Å². The maximum atomic E-state index is 12.1. The van der Waals surface area contributed by atoms with Crippen molar-refractivity contribution in [3.8, 4) is 0 Å². The first kappa shape index (κ1) is 23.8. The number of carboxylic acid groups (broad SMARTS) is 1. The van der Waals surface area contributed by atoms with E-state index in [9.17, 15) is 18.0 Å². The summed E-state index contributed by atoms with van der Waals surface area (Å²) < 4.78 is 42.2. The molecule has 0 amide bonds. The van der Waals surface area contributed by atoms with Gasteiger partial charge in [0, 0.05) is 12.8 Å². The van der Waals surface area contributed by atoms with Crippen LogP contribution in [0.3, 0.4) is 0 Å². The summed E-state index contributed by atoms with van der Waals surface area (Å²) in [5, 5.41) is 6.60. The number of esters is 1. The third-order valence-corrected chi connectivity index (χ3v) is 5.86.